The van der Waals surface area contributed by atoms with Gasteiger partial charge in [0.05, 0.1) is 12.1 Å². The molecule has 31 heavy (non-hydrogen) atoms. The number of rotatable bonds is 6. The van der Waals surface area contributed by atoms with Gasteiger partial charge in [0.25, 0.3) is 0 Å². The van der Waals surface area contributed by atoms with Crippen LogP contribution in [0.25, 0.3) is 0 Å². The molecule has 160 valence electrons. The largest absolute Gasteiger partial charge is 0.346 e. The summed E-state index contributed by atoms with van der Waals surface area (Å²) in [4.78, 5) is 28.5. The normalized spacial score (nSPS) is 15.5. The molecule has 1 aliphatic rings. The molecule has 1 aliphatic heterocycles. The molecule has 2 N–H and O–H groups in total. The summed E-state index contributed by atoms with van der Waals surface area (Å²) in [6, 6.07) is 22.1. The number of carbonyl (C=O) groups is 2. The molecule has 0 aliphatic carbocycles. The third-order valence-electron chi connectivity index (χ3n) is 5.78. The smallest absolute Gasteiger partial charge is 0.309 e. The van der Waals surface area contributed by atoms with Crippen LogP contribution in [0.3, 0.4) is 0 Å². The molecule has 0 saturated carbocycles. The first kappa shape index (κ1) is 21.3. The van der Waals surface area contributed by atoms with Crippen molar-refractivity contribution in [2.24, 2.45) is 0 Å². The van der Waals surface area contributed by atoms with Gasteiger partial charge in [-0.15, -0.1) is 11.3 Å². The minimum Gasteiger partial charge on any atom is -0.346 e. The van der Waals surface area contributed by atoms with E-state index >= 15 is 0 Å². The van der Waals surface area contributed by atoms with Gasteiger partial charge in [-0.05, 0) is 41.5 Å². The summed E-state index contributed by atoms with van der Waals surface area (Å²) in [5.74, 6) is -1.20. The molecule has 0 radical (unpaired) electrons. The second-order valence-electron chi connectivity index (χ2n) is 7.84. The van der Waals surface area contributed by atoms with Crippen molar-refractivity contribution < 1.29 is 9.59 Å². The molecule has 0 unspecified atom stereocenters. The Morgan fingerprint density at radius 2 is 1.71 bits per heavy atom. The lowest BCUT2D eigenvalue weighted by Crippen LogP contribution is -2.45. The highest BCUT2D eigenvalue weighted by Crippen LogP contribution is 2.30. The molecule has 1 aromatic heterocycles. The first-order valence-electron chi connectivity index (χ1n) is 10.6. The van der Waals surface area contributed by atoms with E-state index in [1.54, 1.807) is 11.3 Å². The molecule has 0 spiro atoms. The fraction of sp³-hybridized carbons (Fsp3) is 0.280. The van der Waals surface area contributed by atoms with Gasteiger partial charge in [0.1, 0.15) is 0 Å². The summed E-state index contributed by atoms with van der Waals surface area (Å²) in [6.07, 6.45) is 0.987. The van der Waals surface area contributed by atoms with Crippen LogP contribution in [0.2, 0.25) is 0 Å². The second kappa shape index (κ2) is 9.90. The average molecular weight is 434 g/mol. The highest BCUT2D eigenvalue weighted by Gasteiger charge is 2.27. The first-order chi connectivity index (χ1) is 15.1. The third-order valence-corrected chi connectivity index (χ3v) is 6.76. The zero-order valence-electron chi connectivity index (χ0n) is 17.6. The van der Waals surface area contributed by atoms with Crippen molar-refractivity contribution in [3.63, 3.8) is 0 Å². The lowest BCUT2D eigenvalue weighted by Gasteiger charge is -2.35. The maximum atomic E-state index is 12.5. The fourth-order valence-corrected chi connectivity index (χ4v) is 4.89. The molecule has 5 nitrogen and oxygen atoms in total. The molecule has 2 atom stereocenters. The topological polar surface area (TPSA) is 61.4 Å². The summed E-state index contributed by atoms with van der Waals surface area (Å²) in [5, 5.41) is 7.70. The van der Waals surface area contributed by atoms with Crippen LogP contribution in [-0.4, -0.2) is 29.8 Å². The number of nitrogens with one attached hydrogen (secondary N) is 2. The summed E-state index contributed by atoms with van der Waals surface area (Å²) < 4.78 is 0. The third kappa shape index (κ3) is 5.21. The molecule has 0 fully saturated rings. The molecular formula is C25H27N3O2S. The highest BCUT2D eigenvalue weighted by molar-refractivity contribution is 7.10. The Hall–Kier alpha value is -2.96. The van der Waals surface area contributed by atoms with Crippen LogP contribution in [0.4, 0.5) is 0 Å². The van der Waals surface area contributed by atoms with Gasteiger partial charge in [-0.3, -0.25) is 14.5 Å². The Kier molecular flexibility index (Phi) is 6.79. The van der Waals surface area contributed by atoms with E-state index in [1.807, 2.05) is 43.3 Å². The van der Waals surface area contributed by atoms with Gasteiger partial charge in [0.15, 0.2) is 0 Å². The van der Waals surface area contributed by atoms with E-state index in [1.165, 1.54) is 16.0 Å². The predicted molar refractivity (Wildman–Crippen MR) is 124 cm³/mol. The summed E-state index contributed by atoms with van der Waals surface area (Å²) in [6.45, 7) is 4.04. The average Bonchev–Trinajstić information content (AvgIpc) is 3.34. The van der Waals surface area contributed by atoms with Gasteiger partial charge in [-0.25, -0.2) is 0 Å². The maximum Gasteiger partial charge on any atom is 0.309 e. The van der Waals surface area contributed by atoms with Crippen molar-refractivity contribution in [3.8, 4) is 0 Å². The highest BCUT2D eigenvalue weighted by atomic mass is 32.1. The minimum absolute atomic E-state index is 0.0386. The Balaban J connectivity index is 1.39. The molecule has 6 heteroatoms. The molecule has 3 aromatic rings. The number of nitrogens with zero attached hydrogens (tertiary/aromatic N) is 1. The van der Waals surface area contributed by atoms with Crippen molar-refractivity contribution in [2.45, 2.75) is 32.0 Å². The number of fused-ring (bicyclic) bond motifs is 1. The van der Waals surface area contributed by atoms with Crippen molar-refractivity contribution in [1.82, 2.24) is 15.5 Å². The van der Waals surface area contributed by atoms with Crippen LogP contribution in [0, 0.1) is 0 Å². The lowest BCUT2D eigenvalue weighted by atomic mass is 9.98. The van der Waals surface area contributed by atoms with Crippen LogP contribution in [0.15, 0.2) is 72.1 Å². The van der Waals surface area contributed by atoms with Gasteiger partial charge in [0.2, 0.25) is 0 Å². The number of carbonyl (C=O) groups excluding carboxylic acids is 2. The van der Waals surface area contributed by atoms with E-state index in [2.05, 4.69) is 51.2 Å². The van der Waals surface area contributed by atoms with Crippen LogP contribution in [0.5, 0.6) is 0 Å². The molecule has 4 rings (SSSR count). The van der Waals surface area contributed by atoms with Crippen LogP contribution >= 0.6 is 11.3 Å². The lowest BCUT2D eigenvalue weighted by molar-refractivity contribution is -0.139. The number of benzene rings is 2. The summed E-state index contributed by atoms with van der Waals surface area (Å²) in [5.41, 5.74) is 3.69. The SMILES string of the molecule is C[C@H](NC(=O)C(=O)NC[C@H](c1cccs1)N1CCc2ccccc2C1)c1ccccc1. The van der Waals surface area contributed by atoms with Crippen molar-refractivity contribution in [1.29, 1.82) is 0 Å². The maximum absolute atomic E-state index is 12.5. The summed E-state index contributed by atoms with van der Waals surface area (Å²) in [7, 11) is 0. The Morgan fingerprint density at radius 1 is 0.968 bits per heavy atom. The zero-order valence-corrected chi connectivity index (χ0v) is 18.4. The predicted octanol–water partition coefficient (Wildman–Crippen LogP) is 3.84. The van der Waals surface area contributed by atoms with Gasteiger partial charge in [-0.1, -0.05) is 60.7 Å². The molecule has 2 aromatic carbocycles. The molecule has 0 saturated heterocycles. The Bertz CT molecular complexity index is 1020. The standard InChI is InChI=1S/C25H27N3O2S/c1-18(19-8-3-2-4-9-19)27-25(30)24(29)26-16-22(23-12-7-15-31-23)28-14-13-20-10-5-6-11-21(20)17-28/h2-12,15,18,22H,13-14,16-17H2,1H3,(H,26,29)(H,27,30)/t18-,22+/m0/s1. The molecule has 0 bridgehead atoms. The van der Waals surface area contributed by atoms with E-state index in [-0.39, 0.29) is 12.1 Å². The van der Waals surface area contributed by atoms with Crippen molar-refractivity contribution >= 4 is 23.2 Å². The van der Waals surface area contributed by atoms with Gasteiger partial charge >= 0.3 is 11.8 Å². The molecular weight excluding hydrogens is 406 g/mol. The fourth-order valence-electron chi connectivity index (χ4n) is 4.03. The van der Waals surface area contributed by atoms with Gasteiger partial charge in [-0.2, -0.15) is 0 Å². The quantitative estimate of drug-likeness (QED) is 0.581. The van der Waals surface area contributed by atoms with E-state index in [0.717, 1.165) is 25.1 Å². The van der Waals surface area contributed by atoms with E-state index in [0.29, 0.717) is 6.54 Å². The van der Waals surface area contributed by atoms with Crippen LogP contribution in [0.1, 0.15) is 40.6 Å². The summed E-state index contributed by atoms with van der Waals surface area (Å²) >= 11 is 1.68. The first-order valence-corrected chi connectivity index (χ1v) is 11.5. The van der Waals surface area contributed by atoms with E-state index in [4.69, 9.17) is 0 Å². The van der Waals surface area contributed by atoms with Crippen molar-refractivity contribution in [3.05, 3.63) is 93.7 Å². The second-order valence-corrected chi connectivity index (χ2v) is 8.82. The van der Waals surface area contributed by atoms with Gasteiger partial charge in [0, 0.05) is 24.5 Å². The van der Waals surface area contributed by atoms with E-state index in [9.17, 15) is 9.59 Å². The van der Waals surface area contributed by atoms with Crippen molar-refractivity contribution in [2.75, 3.05) is 13.1 Å². The minimum atomic E-state index is -0.606. The molecule has 2 heterocycles. The number of amides is 2. The molecule has 2 amide bonds. The zero-order chi connectivity index (χ0) is 21.6. The van der Waals surface area contributed by atoms with Crippen LogP contribution < -0.4 is 10.6 Å². The number of thiophene rings is 1. The number of hydrogen-bond acceptors (Lipinski definition) is 4. The van der Waals surface area contributed by atoms with Gasteiger partial charge < -0.3 is 10.6 Å². The monoisotopic (exact) mass is 433 g/mol. The van der Waals surface area contributed by atoms with E-state index < -0.39 is 11.8 Å². The Morgan fingerprint density at radius 3 is 2.45 bits per heavy atom. The Labute approximate surface area is 187 Å². The number of hydrogen-bond donors (Lipinski definition) is 2. The van der Waals surface area contributed by atoms with Crippen LogP contribution in [-0.2, 0) is 22.6 Å².